The molecular weight excluding hydrogens is 274 g/mol. The predicted molar refractivity (Wildman–Crippen MR) is 84.5 cm³/mol. The van der Waals surface area contributed by atoms with E-state index in [0.29, 0.717) is 18.1 Å². The fourth-order valence-corrected chi connectivity index (χ4v) is 2.82. The minimum atomic E-state index is 0.0455. The number of nitrogens with zero attached hydrogens (tertiary/aromatic N) is 1. The molecule has 110 valence electrons. The van der Waals surface area contributed by atoms with E-state index in [4.69, 9.17) is 4.74 Å². The van der Waals surface area contributed by atoms with Gasteiger partial charge in [0.25, 0.3) is 0 Å². The first-order valence-electron chi connectivity index (χ1n) is 6.34. The molecule has 0 fully saturated rings. The molecule has 2 N–H and O–H groups in total. The number of carbonyl (C=O) groups is 1. The summed E-state index contributed by atoms with van der Waals surface area (Å²) in [7, 11) is 3.53. The molecule has 1 heterocycles. The van der Waals surface area contributed by atoms with E-state index in [2.05, 4.69) is 15.6 Å². The Kier molecular flexibility index (Phi) is 6.93. The maximum absolute atomic E-state index is 10.6. The number of hydrogen-bond donors (Lipinski definition) is 2. The lowest BCUT2D eigenvalue weighted by Crippen LogP contribution is -2.22. The number of nitrogens with one attached hydrogen (secondary N) is 2. The Morgan fingerprint density at radius 1 is 1.60 bits per heavy atom. The predicted octanol–water partition coefficient (Wildman–Crippen LogP) is 1.80. The molecule has 0 bridgehead atoms. The van der Waals surface area contributed by atoms with Gasteiger partial charge in [-0.1, -0.05) is 23.9 Å². The molecule has 1 unspecified atom stereocenters. The number of ether oxygens (including phenoxy) is 1. The zero-order chi connectivity index (χ0) is 15.0. The summed E-state index contributed by atoms with van der Waals surface area (Å²) in [5, 5.41) is 6.29. The third kappa shape index (κ3) is 4.45. The molecule has 0 spiro atoms. The second-order valence-corrected chi connectivity index (χ2v) is 5.50. The Hall–Kier alpha value is -1.69. The van der Waals surface area contributed by atoms with Gasteiger partial charge < -0.3 is 15.4 Å². The van der Waals surface area contributed by atoms with Crippen LogP contribution in [0.15, 0.2) is 40.2 Å². The number of amides is 1. The van der Waals surface area contributed by atoms with Crippen LogP contribution in [0.1, 0.15) is 13.8 Å². The van der Waals surface area contributed by atoms with Crippen molar-refractivity contribution in [3.8, 4) is 0 Å². The van der Waals surface area contributed by atoms with E-state index < -0.39 is 0 Å². The molecule has 20 heavy (non-hydrogen) atoms. The van der Waals surface area contributed by atoms with Gasteiger partial charge in [-0.2, -0.15) is 0 Å². The highest BCUT2D eigenvalue weighted by Crippen LogP contribution is 2.28. The minimum Gasteiger partial charge on any atom is -0.499 e. The zero-order valence-electron chi connectivity index (χ0n) is 12.3. The average molecular weight is 295 g/mol. The minimum absolute atomic E-state index is 0.0455. The number of methoxy groups -OCH3 is 1. The number of aliphatic imine (C=N–C) groups is 1. The van der Waals surface area contributed by atoms with Gasteiger partial charge in [-0.3, -0.25) is 9.79 Å². The summed E-state index contributed by atoms with van der Waals surface area (Å²) in [6, 6.07) is 0. The Labute approximate surface area is 124 Å². The molecule has 0 aromatic rings. The summed E-state index contributed by atoms with van der Waals surface area (Å²) < 4.78 is 5.57. The molecule has 0 aromatic heterocycles. The van der Waals surface area contributed by atoms with Crippen LogP contribution in [-0.2, 0) is 9.53 Å². The number of rotatable bonds is 4. The van der Waals surface area contributed by atoms with Crippen molar-refractivity contribution in [1.82, 2.24) is 10.6 Å². The smallest absolute Gasteiger partial charge is 0.213 e. The van der Waals surface area contributed by atoms with Crippen molar-refractivity contribution in [2.75, 3.05) is 20.7 Å². The van der Waals surface area contributed by atoms with E-state index in [9.17, 15) is 4.79 Å². The van der Waals surface area contributed by atoms with Crippen LogP contribution in [-0.4, -0.2) is 37.5 Å². The fourth-order valence-electron chi connectivity index (χ4n) is 1.89. The Morgan fingerprint density at radius 3 is 2.95 bits per heavy atom. The van der Waals surface area contributed by atoms with Gasteiger partial charge in [-0.05, 0) is 25.6 Å². The molecule has 0 saturated carbocycles. The van der Waals surface area contributed by atoms with Crippen molar-refractivity contribution >= 4 is 23.3 Å². The molecule has 1 aliphatic heterocycles. The first-order chi connectivity index (χ1) is 9.63. The van der Waals surface area contributed by atoms with Crippen LogP contribution in [0.5, 0.6) is 0 Å². The van der Waals surface area contributed by atoms with Crippen molar-refractivity contribution < 1.29 is 9.53 Å². The van der Waals surface area contributed by atoms with Gasteiger partial charge in [-0.25, -0.2) is 0 Å². The van der Waals surface area contributed by atoms with E-state index in [0.717, 1.165) is 16.9 Å². The summed E-state index contributed by atoms with van der Waals surface area (Å²) in [4.78, 5) is 14.9. The lowest BCUT2D eigenvalue weighted by molar-refractivity contribution is -0.108. The fraction of sp³-hybridized carbons (Fsp3) is 0.429. The molecule has 6 heteroatoms. The monoisotopic (exact) mass is 295 g/mol. The lowest BCUT2D eigenvalue weighted by Gasteiger charge is -2.18. The topological polar surface area (TPSA) is 62.7 Å². The van der Waals surface area contributed by atoms with Gasteiger partial charge in [-0.15, -0.1) is 0 Å². The number of hydrogen-bond acceptors (Lipinski definition) is 5. The largest absolute Gasteiger partial charge is 0.499 e. The van der Waals surface area contributed by atoms with Crippen molar-refractivity contribution in [1.29, 1.82) is 0 Å². The van der Waals surface area contributed by atoms with Crippen LogP contribution in [0, 0.1) is 0 Å². The molecule has 1 rings (SSSR count). The van der Waals surface area contributed by atoms with Crippen molar-refractivity contribution in [3.05, 3.63) is 35.3 Å². The summed E-state index contributed by atoms with van der Waals surface area (Å²) in [6.07, 6.45) is 6.53. The standard InChI is InChI=1S/C14H21N3O2S/c1-10(8-15-3)12-6-5-7-16-14(17-9-18)20-11(2)13(12)19-4/h5-6,8-9,11,15H,7H2,1-4H3,(H,16,17,18)/b6-5-,10-8+,13-12-. The van der Waals surface area contributed by atoms with Gasteiger partial charge in [0.2, 0.25) is 6.41 Å². The maximum atomic E-state index is 10.6. The summed E-state index contributed by atoms with van der Waals surface area (Å²) in [6.45, 7) is 4.57. The van der Waals surface area contributed by atoms with Gasteiger partial charge in [0, 0.05) is 12.6 Å². The summed E-state index contributed by atoms with van der Waals surface area (Å²) >= 11 is 1.47. The highest BCUT2D eigenvalue weighted by Gasteiger charge is 2.19. The number of allylic oxidation sites excluding steroid dienone is 3. The molecule has 0 saturated heterocycles. The third-order valence-corrected chi connectivity index (χ3v) is 3.77. The van der Waals surface area contributed by atoms with Crippen LogP contribution >= 0.6 is 11.8 Å². The highest BCUT2D eigenvalue weighted by molar-refractivity contribution is 8.14. The molecule has 0 aliphatic carbocycles. The number of amidine groups is 1. The SMILES string of the molecule is CN/C=C(C)/C1=C(\OC)C(C)S/C(NC=O)=N\C/C=C\1. The molecule has 5 nitrogen and oxygen atoms in total. The van der Waals surface area contributed by atoms with Gasteiger partial charge in [0.1, 0.15) is 5.76 Å². The number of thioether (sulfide) groups is 1. The second-order valence-electron chi connectivity index (χ2n) is 4.17. The van der Waals surface area contributed by atoms with E-state index >= 15 is 0 Å². The normalized spacial score (nSPS) is 28.3. The molecule has 0 aromatic carbocycles. The van der Waals surface area contributed by atoms with Crippen LogP contribution in [0.25, 0.3) is 0 Å². The van der Waals surface area contributed by atoms with Gasteiger partial charge in [0.05, 0.1) is 18.9 Å². The van der Waals surface area contributed by atoms with Crippen molar-refractivity contribution in [2.24, 2.45) is 4.99 Å². The van der Waals surface area contributed by atoms with E-state index in [1.54, 1.807) is 7.11 Å². The van der Waals surface area contributed by atoms with Crippen LogP contribution in [0.3, 0.4) is 0 Å². The van der Waals surface area contributed by atoms with Crippen LogP contribution in [0.4, 0.5) is 0 Å². The van der Waals surface area contributed by atoms with Crippen molar-refractivity contribution in [2.45, 2.75) is 19.1 Å². The lowest BCUT2D eigenvalue weighted by atomic mass is 10.1. The molecule has 1 atom stereocenters. The first-order valence-corrected chi connectivity index (χ1v) is 7.22. The summed E-state index contributed by atoms with van der Waals surface area (Å²) in [5.41, 5.74) is 2.12. The highest BCUT2D eigenvalue weighted by atomic mass is 32.2. The van der Waals surface area contributed by atoms with Gasteiger partial charge in [0.15, 0.2) is 5.17 Å². The first kappa shape index (κ1) is 16.4. The van der Waals surface area contributed by atoms with E-state index in [1.165, 1.54) is 11.8 Å². The van der Waals surface area contributed by atoms with E-state index in [-0.39, 0.29) is 5.25 Å². The third-order valence-electron chi connectivity index (χ3n) is 2.74. The van der Waals surface area contributed by atoms with Crippen LogP contribution in [0.2, 0.25) is 0 Å². The Morgan fingerprint density at radius 2 is 2.35 bits per heavy atom. The Balaban J connectivity index is 3.17. The Bertz CT molecular complexity index is 467. The summed E-state index contributed by atoms with van der Waals surface area (Å²) in [5.74, 6) is 0.859. The van der Waals surface area contributed by atoms with E-state index in [1.807, 2.05) is 39.2 Å². The maximum Gasteiger partial charge on any atom is 0.213 e. The van der Waals surface area contributed by atoms with Crippen molar-refractivity contribution in [3.63, 3.8) is 0 Å². The zero-order valence-corrected chi connectivity index (χ0v) is 13.1. The van der Waals surface area contributed by atoms with Crippen LogP contribution < -0.4 is 10.6 Å². The molecule has 1 aliphatic rings. The number of carbonyl (C=O) groups excluding carboxylic acids is 1. The quantitative estimate of drug-likeness (QED) is 0.776. The molecular formula is C14H21N3O2S. The van der Waals surface area contributed by atoms with Gasteiger partial charge >= 0.3 is 0 Å². The molecule has 1 amide bonds. The average Bonchev–Trinajstić information content (AvgIpc) is 2.48. The second kappa shape index (κ2) is 8.47. The molecule has 0 radical (unpaired) electrons.